The number of halogens is 2. The first-order valence-electron chi connectivity index (χ1n) is 10.8. The maximum absolute atomic E-state index is 12.3. The normalized spacial score (nSPS) is 13.9. The van der Waals surface area contributed by atoms with Crippen molar-refractivity contribution < 1.29 is 23.5 Å². The van der Waals surface area contributed by atoms with Crippen LogP contribution in [0, 0.1) is 5.41 Å². The first-order chi connectivity index (χ1) is 16.2. The standard InChI is InChI=1S/C14H19N7O2.C5H9NO.C2H4F2/c1-3-21-12(4-5-18-21)13(23)19-11(8-22)10-7-17-14(20-10)16-6-9(2)15;7-5-3-1-2-4-6-5;1-2(3)4/h4-7,11,15,22H,3,8H2,1-2H3,(H,17,20)(H,19,23);1-4H2,(H,6,7);2H,1H3/b15-9?,16-6-;;. The Morgan fingerprint density at radius 1 is 1.44 bits per heavy atom. The molecule has 2 aromatic rings. The number of hydrogen-bond acceptors (Lipinski definition) is 7. The molecule has 3 rings (SSSR count). The summed E-state index contributed by atoms with van der Waals surface area (Å²) in [6.07, 6.45) is 5.20. The molecule has 3 heterocycles. The number of H-pyrrole nitrogens is 1. The van der Waals surface area contributed by atoms with Crippen LogP contribution in [0.25, 0.3) is 0 Å². The number of nitrogens with zero attached hydrogens (tertiary/aromatic N) is 4. The van der Waals surface area contributed by atoms with Gasteiger partial charge in [-0.05, 0) is 39.7 Å². The molecule has 1 aliphatic heterocycles. The zero-order valence-corrected chi connectivity index (χ0v) is 19.5. The van der Waals surface area contributed by atoms with Crippen molar-refractivity contribution in [3.05, 3.63) is 29.8 Å². The highest BCUT2D eigenvalue weighted by atomic mass is 19.3. The molecule has 2 amide bonds. The zero-order valence-electron chi connectivity index (χ0n) is 19.5. The second-order valence-electron chi connectivity index (χ2n) is 7.17. The van der Waals surface area contributed by atoms with Gasteiger partial charge in [0.25, 0.3) is 5.91 Å². The van der Waals surface area contributed by atoms with E-state index in [0.717, 1.165) is 32.7 Å². The van der Waals surface area contributed by atoms with Crippen LogP contribution in [-0.2, 0) is 11.3 Å². The Labute approximate surface area is 196 Å². The molecule has 0 spiro atoms. The van der Waals surface area contributed by atoms with E-state index in [1.54, 1.807) is 23.9 Å². The number of aliphatic hydroxyl groups excluding tert-OH is 1. The number of aryl methyl sites for hydroxylation is 1. The largest absolute Gasteiger partial charge is 0.394 e. The summed E-state index contributed by atoms with van der Waals surface area (Å²) in [5.74, 6) is 0.183. The summed E-state index contributed by atoms with van der Waals surface area (Å²) < 4.78 is 22.2. The van der Waals surface area contributed by atoms with Crippen LogP contribution in [0.4, 0.5) is 14.7 Å². The third-order valence-corrected chi connectivity index (χ3v) is 4.23. The van der Waals surface area contributed by atoms with E-state index >= 15 is 0 Å². The highest BCUT2D eigenvalue weighted by Gasteiger charge is 2.19. The van der Waals surface area contributed by atoms with Crippen LogP contribution in [-0.4, -0.2) is 68.2 Å². The molecular formula is C21H32F2N8O3. The number of piperidine rings is 1. The molecule has 1 aliphatic rings. The van der Waals surface area contributed by atoms with Crippen LogP contribution >= 0.6 is 0 Å². The Kier molecular flexibility index (Phi) is 12.9. The molecule has 0 aromatic carbocycles. The highest BCUT2D eigenvalue weighted by Crippen LogP contribution is 2.14. The lowest BCUT2D eigenvalue weighted by Crippen LogP contribution is -2.32. The fourth-order valence-electron chi connectivity index (χ4n) is 2.68. The van der Waals surface area contributed by atoms with E-state index < -0.39 is 12.5 Å². The molecule has 1 unspecified atom stereocenters. The summed E-state index contributed by atoms with van der Waals surface area (Å²) in [4.78, 5) is 33.5. The summed E-state index contributed by atoms with van der Waals surface area (Å²) in [6.45, 7) is 5.49. The van der Waals surface area contributed by atoms with E-state index in [9.17, 15) is 23.5 Å². The molecule has 0 bridgehead atoms. The predicted molar refractivity (Wildman–Crippen MR) is 124 cm³/mol. The maximum atomic E-state index is 12.3. The maximum Gasteiger partial charge on any atom is 0.270 e. The molecular weight excluding hydrogens is 450 g/mol. The molecule has 2 aromatic heterocycles. The van der Waals surface area contributed by atoms with Crippen molar-refractivity contribution in [3.8, 4) is 0 Å². The second kappa shape index (κ2) is 15.4. The van der Waals surface area contributed by atoms with Gasteiger partial charge in [0.15, 0.2) is 0 Å². The summed E-state index contributed by atoms with van der Waals surface area (Å²) in [6, 6.07) is 0.975. The minimum atomic E-state index is -2.17. The van der Waals surface area contributed by atoms with Gasteiger partial charge in [0.2, 0.25) is 18.3 Å². The number of carbonyl (C=O) groups excluding carboxylic acids is 2. The summed E-state index contributed by atoms with van der Waals surface area (Å²) in [7, 11) is 0. The Balaban J connectivity index is 0.000000432. The van der Waals surface area contributed by atoms with E-state index in [1.165, 1.54) is 12.4 Å². The van der Waals surface area contributed by atoms with Gasteiger partial charge >= 0.3 is 0 Å². The number of nitrogens with one attached hydrogen (secondary N) is 4. The molecule has 1 saturated heterocycles. The van der Waals surface area contributed by atoms with E-state index in [4.69, 9.17) is 5.41 Å². The number of alkyl halides is 2. The molecule has 188 valence electrons. The predicted octanol–water partition coefficient (Wildman–Crippen LogP) is 2.39. The van der Waals surface area contributed by atoms with Crippen molar-refractivity contribution in [1.29, 1.82) is 5.41 Å². The molecule has 0 radical (unpaired) electrons. The number of rotatable bonds is 7. The van der Waals surface area contributed by atoms with Gasteiger partial charge in [0.05, 0.1) is 30.8 Å². The smallest absolute Gasteiger partial charge is 0.270 e. The lowest BCUT2D eigenvalue weighted by molar-refractivity contribution is -0.122. The topological polar surface area (TPSA) is 161 Å². The van der Waals surface area contributed by atoms with Crippen molar-refractivity contribution in [3.63, 3.8) is 0 Å². The molecule has 1 atom stereocenters. The first kappa shape index (κ1) is 28.6. The number of aliphatic hydroxyl groups is 1. The van der Waals surface area contributed by atoms with Crippen molar-refractivity contribution >= 4 is 29.7 Å². The SMILES string of the molecule is CC(F)F.CCn1nccc1C(=O)NC(CO)c1cnc(/N=C\C(C)=N)[nH]1.O=C1CCCCN1. The Morgan fingerprint density at radius 2 is 2.15 bits per heavy atom. The minimum Gasteiger partial charge on any atom is -0.394 e. The number of amides is 2. The number of aromatic amines is 1. The minimum absolute atomic E-state index is 0.214. The number of hydrogen-bond donors (Lipinski definition) is 5. The van der Waals surface area contributed by atoms with E-state index in [0.29, 0.717) is 29.6 Å². The Morgan fingerprint density at radius 3 is 2.65 bits per heavy atom. The fraction of sp³-hybridized carbons (Fsp3) is 0.524. The quantitative estimate of drug-likeness (QED) is 0.382. The average molecular weight is 483 g/mol. The van der Waals surface area contributed by atoms with E-state index in [1.807, 2.05) is 6.92 Å². The van der Waals surface area contributed by atoms with Crippen LogP contribution < -0.4 is 10.6 Å². The van der Waals surface area contributed by atoms with E-state index in [2.05, 4.69) is 30.7 Å². The van der Waals surface area contributed by atoms with Crippen LogP contribution in [0.5, 0.6) is 0 Å². The molecule has 11 nitrogen and oxygen atoms in total. The van der Waals surface area contributed by atoms with Gasteiger partial charge in [0, 0.05) is 31.4 Å². The van der Waals surface area contributed by atoms with Gasteiger partial charge in [-0.25, -0.2) is 18.8 Å². The summed E-state index contributed by atoms with van der Waals surface area (Å²) >= 11 is 0. The van der Waals surface area contributed by atoms with Gasteiger partial charge in [0.1, 0.15) is 5.69 Å². The number of aromatic nitrogens is 4. The third-order valence-electron chi connectivity index (χ3n) is 4.23. The molecule has 1 fully saturated rings. The van der Waals surface area contributed by atoms with Gasteiger partial charge < -0.3 is 26.1 Å². The summed E-state index contributed by atoms with van der Waals surface area (Å²) in [5.41, 5.74) is 1.24. The number of carbonyl (C=O) groups is 2. The van der Waals surface area contributed by atoms with Crippen LogP contribution in [0.2, 0.25) is 0 Å². The second-order valence-corrected chi connectivity index (χ2v) is 7.17. The van der Waals surface area contributed by atoms with Crippen molar-refractivity contribution in [2.45, 2.75) is 59.0 Å². The molecule has 13 heteroatoms. The van der Waals surface area contributed by atoms with Crippen molar-refractivity contribution in [2.24, 2.45) is 4.99 Å². The molecule has 34 heavy (non-hydrogen) atoms. The van der Waals surface area contributed by atoms with Gasteiger partial charge in [-0.2, -0.15) is 5.10 Å². The van der Waals surface area contributed by atoms with Crippen LogP contribution in [0.15, 0.2) is 23.5 Å². The van der Waals surface area contributed by atoms with Gasteiger partial charge in [-0.1, -0.05) is 0 Å². The highest BCUT2D eigenvalue weighted by molar-refractivity contribution is 6.28. The third kappa shape index (κ3) is 10.9. The monoisotopic (exact) mass is 482 g/mol. The Bertz CT molecular complexity index is 931. The summed E-state index contributed by atoms with van der Waals surface area (Å²) in [5, 5.41) is 26.3. The number of aliphatic imine (C=N–C) groups is 1. The van der Waals surface area contributed by atoms with Gasteiger partial charge in [-0.15, -0.1) is 0 Å². The first-order valence-corrected chi connectivity index (χ1v) is 10.8. The average Bonchev–Trinajstić information content (AvgIpc) is 3.46. The molecule has 5 N–H and O–H groups in total. The molecule has 0 aliphatic carbocycles. The zero-order chi connectivity index (χ0) is 25.5. The Hall–Kier alpha value is -3.48. The van der Waals surface area contributed by atoms with Crippen LogP contribution in [0.1, 0.15) is 62.3 Å². The van der Waals surface area contributed by atoms with Crippen molar-refractivity contribution in [1.82, 2.24) is 30.4 Å². The fourth-order valence-corrected chi connectivity index (χ4v) is 2.68. The lowest BCUT2D eigenvalue weighted by atomic mass is 10.2. The van der Waals surface area contributed by atoms with Crippen molar-refractivity contribution in [2.75, 3.05) is 13.2 Å². The van der Waals surface area contributed by atoms with Crippen LogP contribution in [0.3, 0.4) is 0 Å². The lowest BCUT2D eigenvalue weighted by Gasteiger charge is -2.14. The molecule has 0 saturated carbocycles. The van der Waals surface area contributed by atoms with Gasteiger partial charge in [-0.3, -0.25) is 14.3 Å². The van der Waals surface area contributed by atoms with E-state index in [-0.39, 0.29) is 18.4 Å². The number of imidazole rings is 1.